The van der Waals surface area contributed by atoms with E-state index in [1.165, 1.54) is 31.9 Å². The first-order valence-electron chi connectivity index (χ1n) is 8.48. The molecule has 122 valence electrons. The molecule has 0 amide bonds. The van der Waals surface area contributed by atoms with Gasteiger partial charge in [0.15, 0.2) is 0 Å². The lowest BCUT2D eigenvalue weighted by molar-refractivity contribution is -0.148. The van der Waals surface area contributed by atoms with Gasteiger partial charge in [0.2, 0.25) is 0 Å². The van der Waals surface area contributed by atoms with E-state index < -0.39 is 5.60 Å². The maximum Gasteiger partial charge on any atom is 0.308 e. The van der Waals surface area contributed by atoms with E-state index >= 15 is 0 Å². The molecule has 0 aromatic heterocycles. The second-order valence-electron chi connectivity index (χ2n) is 6.48. The number of benzene rings is 1. The van der Waals surface area contributed by atoms with Crippen LogP contribution in [0.15, 0.2) is 24.3 Å². The van der Waals surface area contributed by atoms with Gasteiger partial charge < -0.3 is 9.84 Å². The van der Waals surface area contributed by atoms with Crippen molar-refractivity contribution in [1.29, 1.82) is 0 Å². The van der Waals surface area contributed by atoms with Crippen molar-refractivity contribution in [1.82, 2.24) is 0 Å². The molecule has 0 unspecified atom stereocenters. The van der Waals surface area contributed by atoms with E-state index in [9.17, 15) is 9.90 Å². The molecular formula is C19H28O3. The highest BCUT2D eigenvalue weighted by atomic mass is 16.5. The second kappa shape index (κ2) is 7.77. The molecule has 1 aliphatic rings. The van der Waals surface area contributed by atoms with Crippen molar-refractivity contribution in [3.05, 3.63) is 35.4 Å². The Kier molecular flexibility index (Phi) is 6.01. The highest BCUT2D eigenvalue weighted by Crippen LogP contribution is 2.39. The molecule has 1 aromatic carbocycles. The van der Waals surface area contributed by atoms with Crippen LogP contribution in [0, 0.1) is 5.92 Å². The van der Waals surface area contributed by atoms with E-state index in [2.05, 4.69) is 31.2 Å². The van der Waals surface area contributed by atoms with Crippen LogP contribution in [0.1, 0.15) is 63.0 Å². The number of methoxy groups -OCH3 is 1. The standard InChI is InChI=1S/C19H28O3/c1-3-4-5-6-15-7-9-17(10-8-15)19(21)13-11-16(12-14-19)18(20)22-2/h7-10,16,21H,3-6,11-14H2,1-2H3. The van der Waals surface area contributed by atoms with Gasteiger partial charge in [-0.05, 0) is 49.7 Å². The van der Waals surface area contributed by atoms with Gasteiger partial charge in [-0.2, -0.15) is 0 Å². The highest BCUT2D eigenvalue weighted by molar-refractivity contribution is 5.72. The Morgan fingerprint density at radius 2 is 1.86 bits per heavy atom. The first-order valence-corrected chi connectivity index (χ1v) is 8.48. The monoisotopic (exact) mass is 304 g/mol. The number of carbonyl (C=O) groups excluding carboxylic acids is 1. The number of carbonyl (C=O) groups is 1. The number of hydrogen-bond donors (Lipinski definition) is 1. The van der Waals surface area contributed by atoms with Crippen LogP contribution in [0.5, 0.6) is 0 Å². The summed E-state index contributed by atoms with van der Waals surface area (Å²) in [4.78, 5) is 11.6. The Balaban J connectivity index is 1.95. The molecule has 0 heterocycles. The Hall–Kier alpha value is -1.35. The first kappa shape index (κ1) is 17.0. The average Bonchev–Trinajstić information content (AvgIpc) is 2.55. The zero-order valence-electron chi connectivity index (χ0n) is 13.8. The zero-order chi connectivity index (χ0) is 16.0. The van der Waals surface area contributed by atoms with E-state index in [0.29, 0.717) is 25.7 Å². The van der Waals surface area contributed by atoms with Crippen LogP contribution < -0.4 is 0 Å². The molecule has 3 nitrogen and oxygen atoms in total. The van der Waals surface area contributed by atoms with Crippen molar-refractivity contribution in [2.45, 2.75) is 63.9 Å². The van der Waals surface area contributed by atoms with Gasteiger partial charge in [0.1, 0.15) is 0 Å². The quantitative estimate of drug-likeness (QED) is 0.639. The fourth-order valence-electron chi connectivity index (χ4n) is 3.35. The maximum absolute atomic E-state index is 11.6. The van der Waals surface area contributed by atoms with Crippen LogP contribution in [-0.4, -0.2) is 18.2 Å². The number of aryl methyl sites for hydroxylation is 1. The van der Waals surface area contributed by atoms with Gasteiger partial charge in [-0.3, -0.25) is 4.79 Å². The fourth-order valence-corrected chi connectivity index (χ4v) is 3.35. The summed E-state index contributed by atoms with van der Waals surface area (Å²) >= 11 is 0. The van der Waals surface area contributed by atoms with Gasteiger partial charge in [-0.15, -0.1) is 0 Å². The summed E-state index contributed by atoms with van der Waals surface area (Å²) in [6.45, 7) is 2.21. The highest BCUT2D eigenvalue weighted by Gasteiger charge is 2.37. The molecule has 1 fully saturated rings. The van der Waals surface area contributed by atoms with Gasteiger partial charge in [0.05, 0.1) is 18.6 Å². The van der Waals surface area contributed by atoms with Crippen molar-refractivity contribution >= 4 is 5.97 Å². The molecule has 1 saturated carbocycles. The fraction of sp³-hybridized carbons (Fsp3) is 0.632. The lowest BCUT2D eigenvalue weighted by atomic mass is 9.75. The molecule has 2 rings (SSSR count). The number of ether oxygens (including phenoxy) is 1. The smallest absolute Gasteiger partial charge is 0.308 e. The summed E-state index contributed by atoms with van der Waals surface area (Å²) in [6.07, 6.45) is 7.48. The topological polar surface area (TPSA) is 46.5 Å². The Morgan fingerprint density at radius 3 is 2.41 bits per heavy atom. The third kappa shape index (κ3) is 4.10. The van der Waals surface area contributed by atoms with Crippen molar-refractivity contribution in [2.24, 2.45) is 5.92 Å². The summed E-state index contributed by atoms with van der Waals surface area (Å²) in [5.41, 5.74) is 1.53. The lowest BCUT2D eigenvalue weighted by Crippen LogP contribution is -2.34. The number of unbranched alkanes of at least 4 members (excludes halogenated alkanes) is 2. The molecule has 3 heteroatoms. The molecule has 1 aromatic rings. The Morgan fingerprint density at radius 1 is 1.23 bits per heavy atom. The van der Waals surface area contributed by atoms with Gasteiger partial charge in [0.25, 0.3) is 0 Å². The summed E-state index contributed by atoms with van der Waals surface area (Å²) in [7, 11) is 1.43. The van der Waals surface area contributed by atoms with E-state index in [-0.39, 0.29) is 11.9 Å². The third-order valence-electron chi connectivity index (χ3n) is 4.91. The molecule has 0 spiro atoms. The SMILES string of the molecule is CCCCCc1ccc(C2(O)CCC(C(=O)OC)CC2)cc1. The molecular weight excluding hydrogens is 276 g/mol. The molecule has 0 radical (unpaired) electrons. The summed E-state index contributed by atoms with van der Waals surface area (Å²) in [5, 5.41) is 10.9. The van der Waals surface area contributed by atoms with E-state index in [4.69, 9.17) is 4.74 Å². The summed E-state index contributed by atoms with van der Waals surface area (Å²) in [5.74, 6) is -0.202. The Labute approximate surface area is 133 Å². The van der Waals surface area contributed by atoms with Gasteiger partial charge in [-0.1, -0.05) is 44.0 Å². The maximum atomic E-state index is 11.6. The van der Waals surface area contributed by atoms with Crippen molar-refractivity contribution in [2.75, 3.05) is 7.11 Å². The molecule has 0 saturated heterocycles. The molecule has 0 atom stereocenters. The van der Waals surface area contributed by atoms with E-state index in [0.717, 1.165) is 12.0 Å². The molecule has 0 bridgehead atoms. The van der Waals surface area contributed by atoms with Crippen LogP contribution >= 0.6 is 0 Å². The minimum atomic E-state index is -0.785. The van der Waals surface area contributed by atoms with Crippen molar-refractivity contribution in [3.63, 3.8) is 0 Å². The van der Waals surface area contributed by atoms with Gasteiger partial charge in [0, 0.05) is 0 Å². The first-order chi connectivity index (χ1) is 10.6. The molecule has 22 heavy (non-hydrogen) atoms. The number of rotatable bonds is 6. The average molecular weight is 304 g/mol. The number of esters is 1. The van der Waals surface area contributed by atoms with Crippen LogP contribution in [-0.2, 0) is 21.6 Å². The van der Waals surface area contributed by atoms with Crippen molar-refractivity contribution in [3.8, 4) is 0 Å². The van der Waals surface area contributed by atoms with E-state index in [1.54, 1.807) is 0 Å². The number of hydrogen-bond acceptors (Lipinski definition) is 3. The van der Waals surface area contributed by atoms with Crippen molar-refractivity contribution < 1.29 is 14.6 Å². The predicted molar refractivity (Wildman–Crippen MR) is 87.5 cm³/mol. The van der Waals surface area contributed by atoms with E-state index in [1.807, 2.05) is 0 Å². The summed E-state index contributed by atoms with van der Waals surface area (Å²) < 4.78 is 4.81. The summed E-state index contributed by atoms with van der Waals surface area (Å²) in [6, 6.07) is 8.38. The number of aliphatic hydroxyl groups is 1. The second-order valence-corrected chi connectivity index (χ2v) is 6.48. The van der Waals surface area contributed by atoms with Crippen LogP contribution in [0.3, 0.4) is 0 Å². The van der Waals surface area contributed by atoms with Crippen LogP contribution in [0.2, 0.25) is 0 Å². The minimum Gasteiger partial charge on any atom is -0.469 e. The van der Waals surface area contributed by atoms with Crippen LogP contribution in [0.4, 0.5) is 0 Å². The van der Waals surface area contributed by atoms with Gasteiger partial charge in [-0.25, -0.2) is 0 Å². The largest absolute Gasteiger partial charge is 0.469 e. The molecule has 0 aliphatic heterocycles. The third-order valence-corrected chi connectivity index (χ3v) is 4.91. The predicted octanol–water partition coefficient (Wildman–Crippen LogP) is 3.97. The minimum absolute atomic E-state index is 0.0569. The lowest BCUT2D eigenvalue weighted by Gasteiger charge is -2.35. The Bertz CT molecular complexity index is 470. The molecule has 1 N–H and O–H groups in total. The normalized spacial score (nSPS) is 25.0. The zero-order valence-corrected chi connectivity index (χ0v) is 13.8. The van der Waals surface area contributed by atoms with Gasteiger partial charge >= 0.3 is 5.97 Å². The molecule has 1 aliphatic carbocycles. The van der Waals surface area contributed by atoms with Crippen LogP contribution in [0.25, 0.3) is 0 Å².